The van der Waals surface area contributed by atoms with Gasteiger partial charge in [-0.25, -0.2) is 17.5 Å². The van der Waals surface area contributed by atoms with Crippen LogP contribution in [0.5, 0.6) is 0 Å². The molecule has 3 aromatic rings. The van der Waals surface area contributed by atoms with E-state index in [1.165, 1.54) is 12.1 Å². The van der Waals surface area contributed by atoms with Crippen LogP contribution in [-0.4, -0.2) is 23.7 Å². The molecule has 152 valence electrons. The Kier molecular flexibility index (Phi) is 5.56. The van der Waals surface area contributed by atoms with Gasteiger partial charge < -0.3 is 0 Å². The average Bonchev–Trinajstić information content (AvgIpc) is 2.65. The molecule has 0 bridgehead atoms. The van der Waals surface area contributed by atoms with Gasteiger partial charge in [-0.2, -0.15) is 18.3 Å². The molecule has 2 aromatic carbocycles. The number of sulfone groups is 1. The van der Waals surface area contributed by atoms with Crippen LogP contribution in [-0.2, 0) is 22.1 Å². The third-order valence-corrected chi connectivity index (χ3v) is 5.52. The normalized spacial score (nSPS) is 12.1. The molecular formula is C19H14F4N2O3S. The Morgan fingerprint density at radius 3 is 2.17 bits per heavy atom. The van der Waals surface area contributed by atoms with E-state index >= 15 is 0 Å². The van der Waals surface area contributed by atoms with Crippen LogP contribution in [0.2, 0.25) is 0 Å². The highest BCUT2D eigenvalue weighted by molar-refractivity contribution is 7.91. The fraction of sp³-hybridized carbons (Fsp3) is 0.158. The summed E-state index contributed by atoms with van der Waals surface area (Å²) in [6.07, 6.45) is 0.923. The van der Waals surface area contributed by atoms with E-state index in [4.69, 9.17) is 0 Å². The van der Waals surface area contributed by atoms with Crippen LogP contribution in [0.25, 0.3) is 11.1 Å². The minimum absolute atomic E-state index is 0.0279. The van der Waals surface area contributed by atoms with E-state index in [9.17, 15) is 30.8 Å². The number of aromatic nitrogens is 2. The molecule has 5 nitrogen and oxygen atoms in total. The SMILES string of the molecule is O=c1c(-c2ccc(F)cc2)c(CS(=O)(=O)C(F)(F)F)cnn1Cc1ccccc1. The Morgan fingerprint density at radius 1 is 0.966 bits per heavy atom. The van der Waals surface area contributed by atoms with E-state index in [1.807, 2.05) is 0 Å². The zero-order chi connectivity index (χ0) is 21.2. The molecule has 0 unspecified atom stereocenters. The van der Waals surface area contributed by atoms with Crippen molar-refractivity contribution in [3.05, 3.63) is 88.1 Å². The van der Waals surface area contributed by atoms with E-state index in [1.54, 1.807) is 30.3 Å². The van der Waals surface area contributed by atoms with Gasteiger partial charge in [-0.15, -0.1) is 0 Å². The molecule has 0 fully saturated rings. The van der Waals surface area contributed by atoms with Crippen LogP contribution in [0.4, 0.5) is 17.6 Å². The molecular weight excluding hydrogens is 412 g/mol. The highest BCUT2D eigenvalue weighted by Crippen LogP contribution is 2.29. The number of halogens is 4. The molecule has 0 spiro atoms. The number of nitrogens with zero attached hydrogens (tertiary/aromatic N) is 2. The third-order valence-electron chi connectivity index (χ3n) is 4.13. The predicted octanol–water partition coefficient (Wildman–Crippen LogP) is 3.53. The smallest absolute Gasteiger partial charge is 0.267 e. The van der Waals surface area contributed by atoms with Gasteiger partial charge in [0.2, 0.25) is 0 Å². The van der Waals surface area contributed by atoms with Gasteiger partial charge in [-0.1, -0.05) is 42.5 Å². The summed E-state index contributed by atoms with van der Waals surface area (Å²) in [5.41, 5.74) is -6.15. The maximum Gasteiger partial charge on any atom is 0.497 e. The molecule has 0 aliphatic carbocycles. The van der Waals surface area contributed by atoms with Gasteiger partial charge in [0, 0.05) is 5.56 Å². The third kappa shape index (κ3) is 4.53. The maximum atomic E-state index is 13.3. The van der Waals surface area contributed by atoms with Crippen molar-refractivity contribution in [3.8, 4) is 11.1 Å². The van der Waals surface area contributed by atoms with E-state index in [-0.39, 0.29) is 17.7 Å². The largest absolute Gasteiger partial charge is 0.497 e. The Hall–Kier alpha value is -3.01. The Labute approximate surface area is 163 Å². The standard InChI is InChI=1S/C19H14F4N2O3S/c20-16-8-6-14(7-9-16)17-15(12-29(27,28)19(21,22)23)10-24-25(18(17)26)11-13-4-2-1-3-5-13/h1-10H,11-12H2. The lowest BCUT2D eigenvalue weighted by Gasteiger charge is -2.14. The number of alkyl halides is 3. The molecule has 0 atom stereocenters. The van der Waals surface area contributed by atoms with Crippen molar-refractivity contribution in [1.29, 1.82) is 0 Å². The van der Waals surface area contributed by atoms with Gasteiger partial charge in [0.15, 0.2) is 0 Å². The molecule has 0 amide bonds. The quantitative estimate of drug-likeness (QED) is 0.586. The highest BCUT2D eigenvalue weighted by Gasteiger charge is 2.45. The van der Waals surface area contributed by atoms with Crippen LogP contribution in [0.15, 0.2) is 65.6 Å². The molecule has 1 aromatic heterocycles. The first-order valence-electron chi connectivity index (χ1n) is 8.26. The second kappa shape index (κ2) is 7.78. The van der Waals surface area contributed by atoms with Crippen molar-refractivity contribution in [2.75, 3.05) is 0 Å². The first kappa shape index (κ1) is 20.7. The second-order valence-electron chi connectivity index (χ2n) is 6.20. The molecule has 3 rings (SSSR count). The minimum atomic E-state index is -5.54. The number of hydrogen-bond acceptors (Lipinski definition) is 4. The van der Waals surface area contributed by atoms with Crippen LogP contribution < -0.4 is 5.56 Å². The lowest BCUT2D eigenvalue weighted by molar-refractivity contribution is -0.0437. The molecule has 0 saturated heterocycles. The Morgan fingerprint density at radius 2 is 1.59 bits per heavy atom. The topological polar surface area (TPSA) is 69.0 Å². The van der Waals surface area contributed by atoms with Crippen molar-refractivity contribution in [2.24, 2.45) is 0 Å². The zero-order valence-electron chi connectivity index (χ0n) is 14.7. The van der Waals surface area contributed by atoms with Gasteiger partial charge >= 0.3 is 5.51 Å². The number of hydrogen-bond donors (Lipinski definition) is 0. The van der Waals surface area contributed by atoms with Crippen molar-refractivity contribution in [1.82, 2.24) is 9.78 Å². The molecule has 0 aliphatic rings. The van der Waals surface area contributed by atoms with Gasteiger partial charge in [0.1, 0.15) is 5.82 Å². The predicted molar refractivity (Wildman–Crippen MR) is 98.1 cm³/mol. The van der Waals surface area contributed by atoms with E-state index in [0.29, 0.717) is 5.56 Å². The summed E-state index contributed by atoms with van der Waals surface area (Å²) in [5, 5.41) is 3.84. The summed E-state index contributed by atoms with van der Waals surface area (Å²) < 4.78 is 76.0. The van der Waals surface area contributed by atoms with E-state index in [0.717, 1.165) is 23.0 Å². The summed E-state index contributed by atoms with van der Waals surface area (Å²) in [5.74, 6) is -2.06. The van der Waals surface area contributed by atoms with Gasteiger partial charge in [0.25, 0.3) is 15.4 Å². The average molecular weight is 426 g/mol. The molecule has 0 N–H and O–H groups in total. The molecule has 1 heterocycles. The lowest BCUT2D eigenvalue weighted by Crippen LogP contribution is -2.29. The molecule has 0 radical (unpaired) electrons. The molecule has 0 aliphatic heterocycles. The summed E-state index contributed by atoms with van der Waals surface area (Å²) >= 11 is 0. The highest BCUT2D eigenvalue weighted by atomic mass is 32.2. The van der Waals surface area contributed by atoms with Crippen LogP contribution in [0.1, 0.15) is 11.1 Å². The summed E-state index contributed by atoms with van der Waals surface area (Å²) in [4.78, 5) is 12.9. The lowest BCUT2D eigenvalue weighted by atomic mass is 10.0. The summed E-state index contributed by atoms with van der Waals surface area (Å²) in [6, 6.07) is 13.2. The van der Waals surface area contributed by atoms with Crippen molar-refractivity contribution < 1.29 is 26.0 Å². The Bertz CT molecular complexity index is 1170. The zero-order valence-corrected chi connectivity index (χ0v) is 15.5. The van der Waals surface area contributed by atoms with Crippen molar-refractivity contribution in [2.45, 2.75) is 17.8 Å². The van der Waals surface area contributed by atoms with Gasteiger partial charge in [0.05, 0.1) is 24.1 Å². The van der Waals surface area contributed by atoms with Crippen LogP contribution in [0.3, 0.4) is 0 Å². The van der Waals surface area contributed by atoms with Crippen molar-refractivity contribution >= 4 is 9.84 Å². The molecule has 29 heavy (non-hydrogen) atoms. The maximum absolute atomic E-state index is 13.3. The fourth-order valence-corrected chi connectivity index (χ4v) is 3.51. The van der Waals surface area contributed by atoms with Crippen LogP contribution >= 0.6 is 0 Å². The van der Waals surface area contributed by atoms with Crippen LogP contribution in [0, 0.1) is 5.82 Å². The van der Waals surface area contributed by atoms with E-state index < -0.39 is 38.0 Å². The summed E-state index contributed by atoms with van der Waals surface area (Å²) in [6.45, 7) is 0.0279. The molecule has 10 heteroatoms. The number of benzene rings is 2. The number of rotatable bonds is 5. The van der Waals surface area contributed by atoms with Gasteiger partial charge in [-0.3, -0.25) is 4.79 Å². The first-order chi connectivity index (χ1) is 13.6. The second-order valence-corrected chi connectivity index (χ2v) is 8.19. The fourth-order valence-electron chi connectivity index (χ4n) is 2.71. The van der Waals surface area contributed by atoms with Gasteiger partial charge in [-0.05, 0) is 23.3 Å². The Balaban J connectivity index is 2.15. The first-order valence-corrected chi connectivity index (χ1v) is 9.91. The minimum Gasteiger partial charge on any atom is -0.267 e. The summed E-state index contributed by atoms with van der Waals surface area (Å²) in [7, 11) is -5.54. The monoisotopic (exact) mass is 426 g/mol. The van der Waals surface area contributed by atoms with Crippen molar-refractivity contribution in [3.63, 3.8) is 0 Å². The van der Waals surface area contributed by atoms with E-state index in [2.05, 4.69) is 5.10 Å². The molecule has 0 saturated carbocycles.